The Bertz CT molecular complexity index is 362. The molecule has 0 N–H and O–H groups in total. The zero-order valence-electron chi connectivity index (χ0n) is 9.96. The first-order valence-corrected chi connectivity index (χ1v) is 6.29. The summed E-state index contributed by atoms with van der Waals surface area (Å²) in [5, 5.41) is 8.51. The molecule has 0 aliphatic heterocycles. The quantitative estimate of drug-likeness (QED) is 0.716. The number of hydrogen-bond donors (Lipinski definition) is 0. The fraction of sp³-hybridized carbons (Fsp3) is 0.643. The number of aryl methyl sites for hydroxylation is 2. The molecule has 16 heavy (non-hydrogen) atoms. The van der Waals surface area contributed by atoms with Gasteiger partial charge in [0.2, 0.25) is 0 Å². The van der Waals surface area contributed by atoms with Gasteiger partial charge in [0.1, 0.15) is 11.5 Å². The lowest BCUT2D eigenvalue weighted by Gasteiger charge is -2.08. The van der Waals surface area contributed by atoms with Gasteiger partial charge in [0.15, 0.2) is 0 Å². The largest absolute Gasteiger partial charge is 0.466 e. The van der Waals surface area contributed by atoms with Gasteiger partial charge >= 0.3 is 0 Å². The van der Waals surface area contributed by atoms with Gasteiger partial charge in [-0.15, -0.1) is 0 Å². The van der Waals surface area contributed by atoms with Crippen LogP contribution >= 0.6 is 0 Å². The maximum atomic E-state index is 8.51. The summed E-state index contributed by atoms with van der Waals surface area (Å²) < 4.78 is 5.92. The van der Waals surface area contributed by atoms with E-state index < -0.39 is 0 Å². The smallest absolute Gasteiger partial charge is 0.107 e. The summed E-state index contributed by atoms with van der Waals surface area (Å²) in [4.78, 5) is 0. The van der Waals surface area contributed by atoms with Crippen molar-refractivity contribution in [3.05, 3.63) is 23.2 Å². The molecule has 0 saturated heterocycles. The van der Waals surface area contributed by atoms with Crippen LogP contribution in [0.2, 0.25) is 0 Å². The van der Waals surface area contributed by atoms with Gasteiger partial charge in [-0.25, -0.2) is 0 Å². The highest BCUT2D eigenvalue weighted by molar-refractivity contribution is 5.25. The Morgan fingerprint density at radius 2 is 2.25 bits per heavy atom. The molecule has 0 saturated carbocycles. The van der Waals surface area contributed by atoms with E-state index in [0.717, 1.165) is 25.0 Å². The van der Waals surface area contributed by atoms with Crippen LogP contribution in [0.1, 0.15) is 62.0 Å². The topological polar surface area (TPSA) is 36.9 Å². The molecule has 0 radical (unpaired) electrons. The Morgan fingerprint density at radius 1 is 1.44 bits per heavy atom. The monoisotopic (exact) mass is 217 g/mol. The first-order chi connectivity index (χ1) is 7.81. The first-order valence-electron chi connectivity index (χ1n) is 6.29. The van der Waals surface area contributed by atoms with Crippen LogP contribution in [0.15, 0.2) is 10.5 Å². The van der Waals surface area contributed by atoms with Crippen LogP contribution in [0.5, 0.6) is 0 Å². The van der Waals surface area contributed by atoms with Crippen LogP contribution in [0.3, 0.4) is 0 Å². The minimum atomic E-state index is 0.457. The number of nitrogens with zero attached hydrogens (tertiary/aromatic N) is 1. The van der Waals surface area contributed by atoms with Gasteiger partial charge < -0.3 is 4.42 Å². The van der Waals surface area contributed by atoms with E-state index in [1.54, 1.807) is 0 Å². The molecular weight excluding hydrogens is 198 g/mol. The number of rotatable bonds is 4. The van der Waals surface area contributed by atoms with E-state index in [4.69, 9.17) is 9.68 Å². The summed E-state index contributed by atoms with van der Waals surface area (Å²) in [5.74, 6) is 2.80. The summed E-state index contributed by atoms with van der Waals surface area (Å²) in [6.07, 6.45) is 7.55. The molecule has 2 heteroatoms. The average Bonchev–Trinajstić information content (AvgIpc) is 2.73. The predicted molar refractivity (Wildman–Crippen MR) is 63.2 cm³/mol. The summed E-state index contributed by atoms with van der Waals surface area (Å²) >= 11 is 0. The van der Waals surface area contributed by atoms with Crippen LogP contribution < -0.4 is 0 Å². The second kappa shape index (κ2) is 5.21. The third-order valence-electron chi connectivity index (χ3n) is 3.43. The van der Waals surface area contributed by atoms with E-state index in [0.29, 0.717) is 12.3 Å². The predicted octanol–water partition coefficient (Wildman–Crippen LogP) is 3.96. The Labute approximate surface area is 97.3 Å². The summed E-state index contributed by atoms with van der Waals surface area (Å²) in [7, 11) is 0. The molecule has 2 rings (SSSR count). The highest BCUT2D eigenvalue weighted by atomic mass is 16.3. The molecule has 0 aromatic carbocycles. The second-order valence-electron chi connectivity index (χ2n) is 4.76. The van der Waals surface area contributed by atoms with Gasteiger partial charge in [-0.2, -0.15) is 5.26 Å². The fourth-order valence-corrected chi connectivity index (χ4v) is 2.39. The minimum Gasteiger partial charge on any atom is -0.466 e. The highest BCUT2D eigenvalue weighted by Gasteiger charge is 2.17. The molecule has 1 unspecified atom stereocenters. The number of unbranched alkanes of at least 4 members (excludes halogenated alkanes) is 1. The molecule has 86 valence electrons. The SMILES string of the molecule is CC(CCCC#N)c1cc2c(o1)CCCC2. The van der Waals surface area contributed by atoms with Gasteiger partial charge in [-0.1, -0.05) is 6.92 Å². The Morgan fingerprint density at radius 3 is 3.00 bits per heavy atom. The van der Waals surface area contributed by atoms with Crippen LogP contribution in [0.4, 0.5) is 0 Å². The van der Waals surface area contributed by atoms with Crippen molar-refractivity contribution in [2.24, 2.45) is 0 Å². The zero-order valence-corrected chi connectivity index (χ0v) is 9.96. The van der Waals surface area contributed by atoms with Crippen LogP contribution in [0.25, 0.3) is 0 Å². The standard InChI is InChI=1S/C14H19NO/c1-11(6-4-5-9-15)14-10-12-7-2-3-8-13(12)16-14/h10-11H,2-8H2,1H3. The number of furan rings is 1. The van der Waals surface area contributed by atoms with Crippen molar-refractivity contribution in [1.82, 2.24) is 0 Å². The van der Waals surface area contributed by atoms with Gasteiger partial charge in [-0.3, -0.25) is 0 Å². The average molecular weight is 217 g/mol. The van der Waals surface area contributed by atoms with Crippen molar-refractivity contribution in [3.63, 3.8) is 0 Å². The van der Waals surface area contributed by atoms with E-state index in [9.17, 15) is 0 Å². The van der Waals surface area contributed by atoms with Gasteiger partial charge in [0, 0.05) is 18.8 Å². The lowest BCUT2D eigenvalue weighted by molar-refractivity contribution is 0.413. The van der Waals surface area contributed by atoms with Crippen molar-refractivity contribution in [3.8, 4) is 6.07 Å². The Balaban J connectivity index is 1.98. The minimum absolute atomic E-state index is 0.457. The molecule has 1 atom stereocenters. The third kappa shape index (κ3) is 2.47. The molecule has 1 aliphatic carbocycles. The first kappa shape index (κ1) is 11.3. The van der Waals surface area contributed by atoms with E-state index in [-0.39, 0.29) is 0 Å². The molecular formula is C14H19NO. The normalized spacial score (nSPS) is 16.5. The number of nitriles is 1. The Kier molecular flexibility index (Phi) is 3.66. The third-order valence-corrected chi connectivity index (χ3v) is 3.43. The van der Waals surface area contributed by atoms with Gasteiger partial charge in [-0.05, 0) is 43.7 Å². The van der Waals surface area contributed by atoms with Crippen LogP contribution in [0, 0.1) is 11.3 Å². The molecule has 1 aromatic rings. The highest BCUT2D eigenvalue weighted by Crippen LogP contribution is 2.30. The fourth-order valence-electron chi connectivity index (χ4n) is 2.39. The molecule has 1 aliphatic rings. The molecule has 2 nitrogen and oxygen atoms in total. The summed E-state index contributed by atoms with van der Waals surface area (Å²) in [6.45, 7) is 2.20. The van der Waals surface area contributed by atoms with E-state index in [1.165, 1.54) is 30.6 Å². The number of fused-ring (bicyclic) bond motifs is 1. The summed E-state index contributed by atoms with van der Waals surface area (Å²) in [5.41, 5.74) is 1.42. The maximum Gasteiger partial charge on any atom is 0.107 e. The Hall–Kier alpha value is -1.23. The van der Waals surface area contributed by atoms with Gasteiger partial charge in [0.25, 0.3) is 0 Å². The number of hydrogen-bond acceptors (Lipinski definition) is 2. The van der Waals surface area contributed by atoms with Crippen molar-refractivity contribution >= 4 is 0 Å². The lowest BCUT2D eigenvalue weighted by Crippen LogP contribution is -1.97. The van der Waals surface area contributed by atoms with Crippen LogP contribution in [-0.2, 0) is 12.8 Å². The zero-order chi connectivity index (χ0) is 11.4. The molecule has 0 fully saturated rings. The van der Waals surface area contributed by atoms with E-state index in [2.05, 4.69) is 19.1 Å². The van der Waals surface area contributed by atoms with Gasteiger partial charge in [0.05, 0.1) is 6.07 Å². The maximum absolute atomic E-state index is 8.51. The van der Waals surface area contributed by atoms with Crippen molar-refractivity contribution < 1.29 is 4.42 Å². The molecule has 1 aromatic heterocycles. The molecule has 0 amide bonds. The van der Waals surface area contributed by atoms with Crippen LogP contribution in [-0.4, -0.2) is 0 Å². The lowest BCUT2D eigenvalue weighted by atomic mass is 9.97. The second-order valence-corrected chi connectivity index (χ2v) is 4.76. The van der Waals surface area contributed by atoms with E-state index in [1.807, 2.05) is 0 Å². The van der Waals surface area contributed by atoms with Crippen molar-refractivity contribution in [2.75, 3.05) is 0 Å². The van der Waals surface area contributed by atoms with Crippen molar-refractivity contribution in [1.29, 1.82) is 5.26 Å². The molecule has 1 heterocycles. The summed E-state index contributed by atoms with van der Waals surface area (Å²) in [6, 6.07) is 4.43. The van der Waals surface area contributed by atoms with E-state index >= 15 is 0 Å². The molecule has 0 bridgehead atoms. The molecule has 0 spiro atoms. The van der Waals surface area contributed by atoms with Crippen molar-refractivity contribution in [2.45, 2.75) is 57.8 Å².